The van der Waals surface area contributed by atoms with Gasteiger partial charge in [-0.1, -0.05) is 48.5 Å². The number of hydrogen-bond acceptors (Lipinski definition) is 3. The van der Waals surface area contributed by atoms with Crippen molar-refractivity contribution in [3.8, 4) is 0 Å². The monoisotopic (exact) mass is 283 g/mol. The summed E-state index contributed by atoms with van der Waals surface area (Å²) in [5.41, 5.74) is 1.19. The highest BCUT2D eigenvalue weighted by Gasteiger charge is 2.19. The van der Waals surface area contributed by atoms with Crippen molar-refractivity contribution in [1.29, 1.82) is 0 Å². The van der Waals surface area contributed by atoms with E-state index in [2.05, 4.69) is 0 Å². The molecule has 1 amide bonds. The number of ketones is 1. The number of rotatable bonds is 6. The summed E-state index contributed by atoms with van der Waals surface area (Å²) in [6.45, 7) is 0.0189. The molecule has 21 heavy (non-hydrogen) atoms. The molecule has 4 nitrogen and oxygen atoms in total. The van der Waals surface area contributed by atoms with Crippen molar-refractivity contribution in [3.63, 3.8) is 0 Å². The Bertz CT molecular complexity index is 596. The highest BCUT2D eigenvalue weighted by molar-refractivity contribution is 6.11. The van der Waals surface area contributed by atoms with Crippen LogP contribution in [0.2, 0.25) is 0 Å². The topological polar surface area (TPSA) is 57.6 Å². The van der Waals surface area contributed by atoms with Crippen LogP contribution >= 0.6 is 0 Å². The predicted molar refractivity (Wildman–Crippen MR) is 81.3 cm³/mol. The summed E-state index contributed by atoms with van der Waals surface area (Å²) in [7, 11) is 0. The lowest BCUT2D eigenvalue weighted by atomic mass is 10.1. The third-order valence-electron chi connectivity index (χ3n) is 3.10. The van der Waals surface area contributed by atoms with Crippen molar-refractivity contribution in [3.05, 3.63) is 66.2 Å². The summed E-state index contributed by atoms with van der Waals surface area (Å²) in [5, 5.41) is 9.12. The van der Waals surface area contributed by atoms with Crippen LogP contribution < -0.4 is 4.90 Å². The Morgan fingerprint density at radius 2 is 1.48 bits per heavy atom. The van der Waals surface area contributed by atoms with Gasteiger partial charge >= 0.3 is 0 Å². The van der Waals surface area contributed by atoms with Crippen LogP contribution in [-0.4, -0.2) is 29.9 Å². The van der Waals surface area contributed by atoms with Crippen LogP contribution in [0.5, 0.6) is 0 Å². The molecule has 0 saturated carbocycles. The fourth-order valence-corrected chi connectivity index (χ4v) is 2.06. The lowest BCUT2D eigenvalue weighted by Crippen LogP contribution is -2.34. The van der Waals surface area contributed by atoms with E-state index in [0.29, 0.717) is 11.3 Å². The van der Waals surface area contributed by atoms with E-state index in [1.54, 1.807) is 36.4 Å². The molecule has 1 N–H and O–H groups in total. The molecule has 2 rings (SSSR count). The first-order valence-electron chi connectivity index (χ1n) is 6.77. The van der Waals surface area contributed by atoms with Gasteiger partial charge in [-0.05, 0) is 12.1 Å². The Morgan fingerprint density at radius 1 is 0.905 bits per heavy atom. The molecule has 0 fully saturated rings. The first-order valence-corrected chi connectivity index (χ1v) is 6.77. The van der Waals surface area contributed by atoms with Gasteiger partial charge in [0.2, 0.25) is 5.91 Å². The largest absolute Gasteiger partial charge is 0.395 e. The number of carbonyl (C=O) groups excluding carboxylic acids is 2. The average molecular weight is 283 g/mol. The molecule has 4 heteroatoms. The molecule has 0 heterocycles. The fraction of sp³-hybridized carbons (Fsp3) is 0.176. The van der Waals surface area contributed by atoms with E-state index in [1.807, 2.05) is 24.3 Å². The standard InChI is InChI=1S/C17H17NO3/c19-12-11-18(15-9-5-2-6-10-15)17(21)13-16(20)14-7-3-1-4-8-14/h1-10,19H,11-13H2. The van der Waals surface area contributed by atoms with Crippen molar-refractivity contribution in [2.45, 2.75) is 6.42 Å². The molecule has 0 aliphatic heterocycles. The second kappa shape index (κ2) is 7.36. The van der Waals surface area contributed by atoms with E-state index in [4.69, 9.17) is 5.11 Å². The summed E-state index contributed by atoms with van der Waals surface area (Å²) in [6, 6.07) is 17.8. The van der Waals surface area contributed by atoms with E-state index in [9.17, 15) is 9.59 Å². The average Bonchev–Trinajstić information content (AvgIpc) is 2.54. The highest BCUT2D eigenvalue weighted by atomic mass is 16.3. The first-order chi connectivity index (χ1) is 10.2. The lowest BCUT2D eigenvalue weighted by molar-refractivity contribution is -0.117. The number of anilines is 1. The fourth-order valence-electron chi connectivity index (χ4n) is 2.06. The molecule has 0 saturated heterocycles. The van der Waals surface area contributed by atoms with Crippen molar-refractivity contribution in [1.82, 2.24) is 0 Å². The van der Waals surface area contributed by atoms with E-state index in [1.165, 1.54) is 4.90 Å². The van der Waals surface area contributed by atoms with Crippen LogP contribution in [-0.2, 0) is 4.79 Å². The second-order valence-corrected chi connectivity index (χ2v) is 4.57. The number of amides is 1. The number of benzene rings is 2. The number of aliphatic hydroxyl groups is 1. The molecular formula is C17H17NO3. The SMILES string of the molecule is O=C(CC(=O)N(CCO)c1ccccc1)c1ccccc1. The van der Waals surface area contributed by atoms with E-state index < -0.39 is 0 Å². The Kier molecular flexibility index (Phi) is 5.23. The van der Waals surface area contributed by atoms with Crippen molar-refractivity contribution < 1.29 is 14.7 Å². The minimum Gasteiger partial charge on any atom is -0.395 e. The smallest absolute Gasteiger partial charge is 0.234 e. The summed E-state index contributed by atoms with van der Waals surface area (Å²) >= 11 is 0. The Hall–Kier alpha value is -2.46. The third kappa shape index (κ3) is 4.00. The molecule has 2 aromatic carbocycles. The van der Waals surface area contributed by atoms with Gasteiger partial charge in [-0.2, -0.15) is 0 Å². The molecule has 0 bridgehead atoms. The van der Waals surface area contributed by atoms with Gasteiger partial charge in [0.05, 0.1) is 13.0 Å². The minimum atomic E-state index is -0.316. The van der Waals surface area contributed by atoms with Crippen LogP contribution in [0, 0.1) is 0 Å². The number of aliphatic hydroxyl groups excluding tert-OH is 1. The molecule has 0 aliphatic carbocycles. The predicted octanol–water partition coefficient (Wildman–Crippen LogP) is 2.28. The number of hydrogen-bond donors (Lipinski definition) is 1. The van der Waals surface area contributed by atoms with Gasteiger partial charge in [0.25, 0.3) is 0 Å². The van der Waals surface area contributed by atoms with Gasteiger partial charge in [0.15, 0.2) is 5.78 Å². The van der Waals surface area contributed by atoms with Crippen LogP contribution in [0.4, 0.5) is 5.69 Å². The summed E-state index contributed by atoms with van der Waals surface area (Å²) in [6.07, 6.45) is -0.209. The number of carbonyl (C=O) groups is 2. The van der Waals surface area contributed by atoms with Gasteiger partial charge in [-0.25, -0.2) is 0 Å². The van der Waals surface area contributed by atoms with E-state index in [0.717, 1.165) is 0 Å². The summed E-state index contributed by atoms with van der Waals surface area (Å²) in [4.78, 5) is 25.8. The molecule has 0 unspecified atom stereocenters. The summed E-state index contributed by atoms with van der Waals surface area (Å²) in [5.74, 6) is -0.538. The van der Waals surface area contributed by atoms with Crippen molar-refractivity contribution in [2.75, 3.05) is 18.1 Å². The maximum absolute atomic E-state index is 12.3. The third-order valence-corrected chi connectivity index (χ3v) is 3.10. The van der Waals surface area contributed by atoms with Crippen molar-refractivity contribution in [2.24, 2.45) is 0 Å². The maximum Gasteiger partial charge on any atom is 0.234 e. The number of nitrogens with zero attached hydrogens (tertiary/aromatic N) is 1. The molecule has 0 atom stereocenters. The first kappa shape index (κ1) is 14.9. The van der Waals surface area contributed by atoms with Crippen LogP contribution in [0.15, 0.2) is 60.7 Å². The Balaban J connectivity index is 2.11. The van der Waals surface area contributed by atoms with Gasteiger partial charge < -0.3 is 10.0 Å². The quantitative estimate of drug-likeness (QED) is 0.653. The molecule has 2 aromatic rings. The van der Waals surface area contributed by atoms with E-state index in [-0.39, 0.29) is 31.3 Å². The zero-order chi connectivity index (χ0) is 15.1. The molecular weight excluding hydrogens is 266 g/mol. The maximum atomic E-state index is 12.3. The molecule has 108 valence electrons. The van der Waals surface area contributed by atoms with E-state index >= 15 is 0 Å². The zero-order valence-corrected chi connectivity index (χ0v) is 11.6. The van der Waals surface area contributed by atoms with Gasteiger partial charge in [0.1, 0.15) is 0 Å². The second-order valence-electron chi connectivity index (χ2n) is 4.57. The molecule has 0 spiro atoms. The summed E-state index contributed by atoms with van der Waals surface area (Å²) < 4.78 is 0. The van der Waals surface area contributed by atoms with Gasteiger partial charge in [-0.15, -0.1) is 0 Å². The lowest BCUT2D eigenvalue weighted by Gasteiger charge is -2.21. The molecule has 0 aromatic heterocycles. The minimum absolute atomic E-state index is 0.153. The van der Waals surface area contributed by atoms with Gasteiger partial charge in [-0.3, -0.25) is 9.59 Å². The van der Waals surface area contributed by atoms with Crippen LogP contribution in [0.1, 0.15) is 16.8 Å². The number of para-hydroxylation sites is 1. The van der Waals surface area contributed by atoms with Crippen LogP contribution in [0.3, 0.4) is 0 Å². The van der Waals surface area contributed by atoms with Crippen molar-refractivity contribution >= 4 is 17.4 Å². The zero-order valence-electron chi connectivity index (χ0n) is 11.6. The Morgan fingerprint density at radius 3 is 2.05 bits per heavy atom. The van der Waals surface area contributed by atoms with Gasteiger partial charge in [0, 0.05) is 17.8 Å². The van der Waals surface area contributed by atoms with Crippen LogP contribution in [0.25, 0.3) is 0 Å². The number of Topliss-reactive ketones (excluding diaryl/α,β-unsaturated/α-hetero) is 1. The highest BCUT2D eigenvalue weighted by Crippen LogP contribution is 2.15. The molecule has 0 radical (unpaired) electrons. The molecule has 0 aliphatic rings. The normalized spacial score (nSPS) is 10.1. The Labute approximate surface area is 123 Å².